The molecule has 1 aromatic carbocycles. The highest BCUT2D eigenvalue weighted by atomic mass is 35.5. The van der Waals surface area contributed by atoms with Crippen LogP contribution in [0, 0.1) is 0 Å². The lowest BCUT2D eigenvalue weighted by Gasteiger charge is -2.21. The van der Waals surface area contributed by atoms with Crippen LogP contribution in [0.4, 0.5) is 5.69 Å². The van der Waals surface area contributed by atoms with Crippen molar-refractivity contribution in [1.82, 2.24) is 10.2 Å². The Hall–Kier alpha value is -1.79. The van der Waals surface area contributed by atoms with Crippen LogP contribution in [0.15, 0.2) is 18.2 Å². The van der Waals surface area contributed by atoms with E-state index in [1.165, 1.54) is 11.8 Å². The number of carbonyl (C=O) groups is 3. The lowest BCUT2D eigenvalue weighted by atomic mass is 10.1. The van der Waals surface area contributed by atoms with E-state index in [4.69, 9.17) is 23.2 Å². The van der Waals surface area contributed by atoms with Crippen LogP contribution in [0.5, 0.6) is 0 Å². The monoisotopic (exact) mass is 401 g/mol. The Morgan fingerprint density at radius 2 is 1.73 bits per heavy atom. The third-order valence-electron chi connectivity index (χ3n) is 3.74. The molecule has 2 N–H and O–H groups in total. The van der Waals surface area contributed by atoms with Gasteiger partial charge in [0.05, 0.1) is 22.3 Å². The number of benzene rings is 1. The Morgan fingerprint density at radius 3 is 2.31 bits per heavy atom. The Balaban J connectivity index is 2.41. The summed E-state index contributed by atoms with van der Waals surface area (Å²) in [6.45, 7) is 4.30. The summed E-state index contributed by atoms with van der Waals surface area (Å²) >= 11 is 12.1. The molecule has 0 radical (unpaired) electrons. The number of halogens is 2. The lowest BCUT2D eigenvalue weighted by molar-refractivity contribution is -0.134. The molecular formula is C18H25Cl2N3O3. The fourth-order valence-corrected chi connectivity index (χ4v) is 2.84. The first kappa shape index (κ1) is 22.3. The van der Waals surface area contributed by atoms with Gasteiger partial charge >= 0.3 is 0 Å². The number of rotatable bonds is 10. The van der Waals surface area contributed by atoms with Crippen molar-refractivity contribution < 1.29 is 14.4 Å². The number of nitrogens with one attached hydrogen (secondary N) is 2. The van der Waals surface area contributed by atoms with Gasteiger partial charge in [-0.15, -0.1) is 0 Å². The summed E-state index contributed by atoms with van der Waals surface area (Å²) in [7, 11) is 0. The second-order valence-electron chi connectivity index (χ2n) is 5.85. The molecule has 0 unspecified atom stereocenters. The van der Waals surface area contributed by atoms with E-state index in [0.717, 1.165) is 12.8 Å². The molecule has 8 heteroatoms. The molecule has 0 spiro atoms. The molecule has 144 valence electrons. The summed E-state index contributed by atoms with van der Waals surface area (Å²) < 4.78 is 0. The molecule has 0 aliphatic carbocycles. The molecule has 1 aromatic rings. The van der Waals surface area contributed by atoms with E-state index in [1.54, 1.807) is 18.2 Å². The number of likely N-dealkylation sites (N-methyl/N-ethyl adjacent to an activating group) is 1. The summed E-state index contributed by atoms with van der Waals surface area (Å²) in [4.78, 5) is 36.7. The molecule has 0 fully saturated rings. The first-order valence-corrected chi connectivity index (χ1v) is 9.36. The second-order valence-corrected chi connectivity index (χ2v) is 6.66. The van der Waals surface area contributed by atoms with Gasteiger partial charge in [-0.3, -0.25) is 14.4 Å². The van der Waals surface area contributed by atoms with Crippen molar-refractivity contribution in [3.8, 4) is 0 Å². The van der Waals surface area contributed by atoms with E-state index in [-0.39, 0.29) is 24.3 Å². The number of anilines is 1. The topological polar surface area (TPSA) is 78.5 Å². The fourth-order valence-electron chi connectivity index (χ4n) is 2.35. The molecule has 0 bridgehead atoms. The fraction of sp³-hybridized carbons (Fsp3) is 0.500. The lowest BCUT2D eigenvalue weighted by Crippen LogP contribution is -2.37. The number of hydrogen-bond donors (Lipinski definition) is 2. The SMILES string of the molecule is CCN(CC(=O)Nc1c(Cl)cccc1Cl)C(=O)CCCCCNC(C)=O. The zero-order valence-corrected chi connectivity index (χ0v) is 16.6. The molecule has 0 aliphatic heterocycles. The van der Waals surface area contributed by atoms with Crippen LogP contribution in [0.1, 0.15) is 39.5 Å². The van der Waals surface area contributed by atoms with Gasteiger partial charge in [-0.1, -0.05) is 35.7 Å². The number of para-hydroxylation sites is 1. The third-order valence-corrected chi connectivity index (χ3v) is 4.37. The number of carbonyl (C=O) groups excluding carboxylic acids is 3. The number of nitrogens with zero attached hydrogens (tertiary/aromatic N) is 1. The quantitative estimate of drug-likeness (QED) is 0.589. The average Bonchev–Trinajstić information content (AvgIpc) is 2.58. The molecule has 26 heavy (non-hydrogen) atoms. The van der Waals surface area contributed by atoms with Gasteiger partial charge in [0, 0.05) is 26.4 Å². The van der Waals surface area contributed by atoms with Crippen LogP contribution >= 0.6 is 23.2 Å². The predicted molar refractivity (Wildman–Crippen MR) is 104 cm³/mol. The molecule has 0 heterocycles. The minimum absolute atomic E-state index is 0.0528. The number of hydrogen-bond acceptors (Lipinski definition) is 3. The van der Waals surface area contributed by atoms with E-state index < -0.39 is 0 Å². The molecule has 0 aliphatic rings. The molecular weight excluding hydrogens is 377 g/mol. The van der Waals surface area contributed by atoms with E-state index >= 15 is 0 Å². The largest absolute Gasteiger partial charge is 0.356 e. The van der Waals surface area contributed by atoms with E-state index in [2.05, 4.69) is 10.6 Å². The minimum atomic E-state index is -0.346. The summed E-state index contributed by atoms with van der Waals surface area (Å²) in [5, 5.41) is 6.07. The van der Waals surface area contributed by atoms with Crippen molar-refractivity contribution in [1.29, 1.82) is 0 Å². The van der Waals surface area contributed by atoms with Gasteiger partial charge in [0.2, 0.25) is 17.7 Å². The Labute approximate surface area is 164 Å². The minimum Gasteiger partial charge on any atom is -0.356 e. The highest BCUT2D eigenvalue weighted by molar-refractivity contribution is 6.39. The van der Waals surface area contributed by atoms with Gasteiger partial charge < -0.3 is 15.5 Å². The van der Waals surface area contributed by atoms with Crippen LogP contribution in [0.2, 0.25) is 10.0 Å². The number of amides is 3. The van der Waals surface area contributed by atoms with Crippen molar-refractivity contribution >= 4 is 46.6 Å². The third kappa shape index (κ3) is 8.06. The highest BCUT2D eigenvalue weighted by Gasteiger charge is 2.17. The molecule has 0 aromatic heterocycles. The smallest absolute Gasteiger partial charge is 0.244 e. The van der Waals surface area contributed by atoms with Crippen LogP contribution < -0.4 is 10.6 Å². The zero-order chi connectivity index (χ0) is 19.5. The van der Waals surface area contributed by atoms with Crippen LogP contribution in [0.25, 0.3) is 0 Å². The summed E-state index contributed by atoms with van der Waals surface area (Å²) in [6.07, 6.45) is 2.75. The van der Waals surface area contributed by atoms with Crippen LogP contribution in [-0.4, -0.2) is 42.3 Å². The van der Waals surface area contributed by atoms with E-state index in [0.29, 0.717) is 41.7 Å². The van der Waals surface area contributed by atoms with Gasteiger partial charge in [-0.25, -0.2) is 0 Å². The Morgan fingerprint density at radius 1 is 1.08 bits per heavy atom. The molecule has 0 atom stereocenters. The standard InChI is InChI=1S/C18H25Cl2N3O3/c1-3-23(17(26)10-5-4-6-11-21-13(2)24)12-16(25)22-18-14(19)8-7-9-15(18)20/h7-9H,3-6,10-12H2,1-2H3,(H,21,24)(H,22,25). The van der Waals surface area contributed by atoms with Gasteiger partial charge in [-0.2, -0.15) is 0 Å². The van der Waals surface area contributed by atoms with Crippen molar-refractivity contribution in [3.63, 3.8) is 0 Å². The Bertz CT molecular complexity index is 618. The Kier molecular flexibility index (Phi) is 10.1. The predicted octanol–water partition coefficient (Wildman–Crippen LogP) is 3.48. The van der Waals surface area contributed by atoms with Crippen LogP contribution in [-0.2, 0) is 14.4 Å². The van der Waals surface area contributed by atoms with Crippen molar-refractivity contribution in [2.24, 2.45) is 0 Å². The van der Waals surface area contributed by atoms with Crippen molar-refractivity contribution in [2.75, 3.05) is 25.0 Å². The molecule has 3 amide bonds. The van der Waals surface area contributed by atoms with Crippen LogP contribution in [0.3, 0.4) is 0 Å². The second kappa shape index (κ2) is 11.8. The average molecular weight is 402 g/mol. The maximum Gasteiger partial charge on any atom is 0.244 e. The summed E-state index contributed by atoms with van der Waals surface area (Å²) in [5.74, 6) is -0.476. The van der Waals surface area contributed by atoms with Crippen molar-refractivity contribution in [2.45, 2.75) is 39.5 Å². The normalized spacial score (nSPS) is 10.3. The van der Waals surface area contributed by atoms with E-state index in [1.807, 2.05) is 6.92 Å². The zero-order valence-electron chi connectivity index (χ0n) is 15.1. The first-order valence-electron chi connectivity index (χ1n) is 8.61. The van der Waals surface area contributed by atoms with Gasteiger partial charge in [0.15, 0.2) is 0 Å². The first-order chi connectivity index (χ1) is 12.3. The maximum atomic E-state index is 12.3. The molecule has 1 rings (SSSR count). The summed E-state index contributed by atoms with van der Waals surface area (Å²) in [6, 6.07) is 4.95. The number of unbranched alkanes of at least 4 members (excludes halogenated alkanes) is 2. The molecule has 0 saturated heterocycles. The van der Waals surface area contributed by atoms with Gasteiger partial charge in [-0.05, 0) is 31.9 Å². The van der Waals surface area contributed by atoms with Crippen molar-refractivity contribution in [3.05, 3.63) is 28.2 Å². The van der Waals surface area contributed by atoms with Gasteiger partial charge in [0.25, 0.3) is 0 Å². The maximum absolute atomic E-state index is 12.3. The van der Waals surface area contributed by atoms with Gasteiger partial charge in [0.1, 0.15) is 0 Å². The molecule has 0 saturated carbocycles. The van der Waals surface area contributed by atoms with E-state index in [9.17, 15) is 14.4 Å². The highest BCUT2D eigenvalue weighted by Crippen LogP contribution is 2.29. The molecule has 6 nitrogen and oxygen atoms in total. The summed E-state index contributed by atoms with van der Waals surface area (Å²) in [5.41, 5.74) is 0.349.